The van der Waals surface area contributed by atoms with Gasteiger partial charge in [0.2, 0.25) is 23.6 Å². The molecule has 0 aromatic rings. The highest BCUT2D eigenvalue weighted by atomic mass is 16.4. The van der Waals surface area contributed by atoms with Crippen molar-refractivity contribution in [1.29, 1.82) is 0 Å². The molecular formula is C17H27N5O11. The van der Waals surface area contributed by atoms with Gasteiger partial charge in [-0.3, -0.25) is 28.8 Å². The van der Waals surface area contributed by atoms with Crippen molar-refractivity contribution in [2.45, 2.75) is 62.9 Å². The molecule has 11 N–H and O–H groups in total. The summed E-state index contributed by atoms with van der Waals surface area (Å²) in [6.07, 6.45) is -4.30. The number of hydrogen-bond donors (Lipinski definition) is 9. The standard InChI is InChI=1S/C17H27N5O11/c1-6(23)13(19)16(31)21-8(5-12(27)28)15(30)20-7(2-3-11(25)26)14(29)22-9(17(32)33)4-10(18)24/h6-9,13,23H,2-5,19H2,1H3,(H2,18,24)(H,20,30)(H,21,31)(H,22,29)(H,25,26)(H,27,28)(H,32,33). The number of carboxylic acid groups (broad SMARTS) is 3. The molecule has 0 saturated carbocycles. The number of carbonyl (C=O) groups is 7. The molecule has 0 spiro atoms. The van der Waals surface area contributed by atoms with Crippen LogP contribution < -0.4 is 27.4 Å². The molecule has 16 nitrogen and oxygen atoms in total. The number of carboxylic acids is 3. The smallest absolute Gasteiger partial charge is 0.326 e. The van der Waals surface area contributed by atoms with E-state index < -0.39 is 97.5 Å². The van der Waals surface area contributed by atoms with Gasteiger partial charge in [-0.05, 0) is 13.3 Å². The van der Waals surface area contributed by atoms with Gasteiger partial charge in [-0.2, -0.15) is 0 Å². The molecule has 0 saturated heterocycles. The average Bonchev–Trinajstić information content (AvgIpc) is 2.67. The molecule has 0 aromatic heterocycles. The van der Waals surface area contributed by atoms with E-state index in [1.807, 2.05) is 16.0 Å². The van der Waals surface area contributed by atoms with E-state index in [0.29, 0.717) is 0 Å². The first-order valence-electron chi connectivity index (χ1n) is 9.45. The molecule has 0 fully saturated rings. The maximum Gasteiger partial charge on any atom is 0.326 e. The lowest BCUT2D eigenvalue weighted by Crippen LogP contribution is -2.58. The van der Waals surface area contributed by atoms with Crippen LogP contribution in [0.3, 0.4) is 0 Å². The molecule has 186 valence electrons. The molecule has 0 aliphatic rings. The number of rotatable bonds is 15. The van der Waals surface area contributed by atoms with E-state index in [1.165, 1.54) is 6.92 Å². The summed E-state index contributed by atoms with van der Waals surface area (Å²) in [5.74, 6) is -9.09. The SMILES string of the molecule is CC(O)C(N)C(=O)NC(CC(=O)O)C(=O)NC(CCC(=O)O)C(=O)NC(CC(N)=O)C(=O)O. The Morgan fingerprint density at radius 3 is 1.67 bits per heavy atom. The van der Waals surface area contributed by atoms with Crippen molar-refractivity contribution in [3.05, 3.63) is 0 Å². The number of amides is 4. The molecule has 33 heavy (non-hydrogen) atoms. The minimum Gasteiger partial charge on any atom is -0.481 e. The first-order valence-corrected chi connectivity index (χ1v) is 9.45. The summed E-state index contributed by atoms with van der Waals surface area (Å²) in [6.45, 7) is 1.17. The van der Waals surface area contributed by atoms with E-state index in [4.69, 9.17) is 26.8 Å². The van der Waals surface area contributed by atoms with E-state index in [0.717, 1.165) is 0 Å². The monoisotopic (exact) mass is 477 g/mol. The Morgan fingerprint density at radius 1 is 0.758 bits per heavy atom. The number of nitrogens with one attached hydrogen (secondary N) is 3. The van der Waals surface area contributed by atoms with Gasteiger partial charge < -0.3 is 47.8 Å². The largest absolute Gasteiger partial charge is 0.481 e. The van der Waals surface area contributed by atoms with E-state index in [9.17, 15) is 38.7 Å². The van der Waals surface area contributed by atoms with Crippen LogP contribution in [0.15, 0.2) is 0 Å². The molecule has 0 radical (unpaired) electrons. The maximum atomic E-state index is 12.6. The predicted molar refractivity (Wildman–Crippen MR) is 106 cm³/mol. The summed E-state index contributed by atoms with van der Waals surface area (Å²) < 4.78 is 0. The van der Waals surface area contributed by atoms with Crippen molar-refractivity contribution in [3.8, 4) is 0 Å². The number of hydrogen-bond acceptors (Lipinski definition) is 9. The fourth-order valence-electron chi connectivity index (χ4n) is 2.35. The lowest BCUT2D eigenvalue weighted by Gasteiger charge is -2.24. The first kappa shape index (κ1) is 29.2. The molecule has 0 bridgehead atoms. The highest BCUT2D eigenvalue weighted by molar-refractivity contribution is 5.96. The summed E-state index contributed by atoms with van der Waals surface area (Å²) in [7, 11) is 0. The molecule has 5 atom stereocenters. The van der Waals surface area contributed by atoms with E-state index in [1.54, 1.807) is 0 Å². The predicted octanol–water partition coefficient (Wildman–Crippen LogP) is -4.55. The molecule has 4 amide bonds. The second kappa shape index (κ2) is 13.6. The molecule has 0 aliphatic carbocycles. The van der Waals surface area contributed by atoms with E-state index >= 15 is 0 Å². The first-order chi connectivity index (χ1) is 15.1. The maximum absolute atomic E-state index is 12.6. The molecule has 0 aromatic carbocycles. The zero-order chi connectivity index (χ0) is 25.9. The quantitative estimate of drug-likeness (QED) is 0.108. The lowest BCUT2D eigenvalue weighted by atomic mass is 10.1. The number of carbonyl (C=O) groups excluding carboxylic acids is 4. The van der Waals surface area contributed by atoms with Crippen molar-refractivity contribution >= 4 is 41.5 Å². The summed E-state index contributed by atoms with van der Waals surface area (Å²) in [4.78, 5) is 81.2. The molecule has 5 unspecified atom stereocenters. The Balaban J connectivity index is 5.63. The Morgan fingerprint density at radius 2 is 1.24 bits per heavy atom. The van der Waals surface area contributed by atoms with Gasteiger partial charge in [0.15, 0.2) is 0 Å². The minimum atomic E-state index is -1.78. The zero-order valence-electron chi connectivity index (χ0n) is 17.5. The molecule has 0 heterocycles. The molecular weight excluding hydrogens is 450 g/mol. The van der Waals surface area contributed by atoms with Crippen molar-refractivity contribution in [2.24, 2.45) is 11.5 Å². The van der Waals surface area contributed by atoms with E-state index in [-0.39, 0.29) is 0 Å². The Bertz CT molecular complexity index is 785. The third-order valence-corrected chi connectivity index (χ3v) is 4.13. The highest BCUT2D eigenvalue weighted by Gasteiger charge is 2.32. The van der Waals surface area contributed by atoms with Crippen molar-refractivity contribution in [1.82, 2.24) is 16.0 Å². The van der Waals surface area contributed by atoms with Crippen LogP contribution in [-0.4, -0.2) is 92.2 Å². The van der Waals surface area contributed by atoms with Crippen LogP contribution >= 0.6 is 0 Å². The number of aliphatic carboxylic acids is 3. The van der Waals surface area contributed by atoms with Gasteiger partial charge in [-0.15, -0.1) is 0 Å². The number of primary amides is 1. The second-order valence-electron chi connectivity index (χ2n) is 6.99. The minimum absolute atomic E-state index is 0.545. The van der Waals surface area contributed by atoms with Crippen LogP contribution in [0.5, 0.6) is 0 Å². The summed E-state index contributed by atoms with van der Waals surface area (Å²) in [6, 6.07) is -6.74. The molecule has 16 heteroatoms. The van der Waals surface area contributed by atoms with Crippen molar-refractivity contribution in [3.63, 3.8) is 0 Å². The second-order valence-corrected chi connectivity index (χ2v) is 6.99. The summed E-state index contributed by atoms with van der Waals surface area (Å²) in [5, 5.41) is 42.3. The summed E-state index contributed by atoms with van der Waals surface area (Å²) in [5.41, 5.74) is 10.3. The van der Waals surface area contributed by atoms with Gasteiger partial charge in [0.25, 0.3) is 0 Å². The third kappa shape index (κ3) is 11.4. The summed E-state index contributed by atoms with van der Waals surface area (Å²) >= 11 is 0. The average molecular weight is 477 g/mol. The zero-order valence-corrected chi connectivity index (χ0v) is 17.5. The fourth-order valence-corrected chi connectivity index (χ4v) is 2.35. The van der Waals surface area contributed by atoms with Crippen LogP contribution in [-0.2, 0) is 33.6 Å². The van der Waals surface area contributed by atoms with Gasteiger partial charge >= 0.3 is 17.9 Å². The van der Waals surface area contributed by atoms with Gasteiger partial charge in [0.1, 0.15) is 24.2 Å². The van der Waals surface area contributed by atoms with Crippen LogP contribution in [0.4, 0.5) is 0 Å². The van der Waals surface area contributed by atoms with Gasteiger partial charge in [-0.1, -0.05) is 0 Å². The Labute approximate surface area is 186 Å². The highest BCUT2D eigenvalue weighted by Crippen LogP contribution is 2.04. The normalized spacial score (nSPS) is 15.1. The molecule has 0 rings (SSSR count). The van der Waals surface area contributed by atoms with Gasteiger partial charge in [0, 0.05) is 6.42 Å². The third-order valence-electron chi connectivity index (χ3n) is 4.13. The van der Waals surface area contributed by atoms with Gasteiger partial charge in [-0.25, -0.2) is 4.79 Å². The Hall–Kier alpha value is -3.79. The Kier molecular flexibility index (Phi) is 12.0. The van der Waals surface area contributed by atoms with Crippen LogP contribution in [0.25, 0.3) is 0 Å². The number of aliphatic hydroxyl groups is 1. The number of nitrogens with two attached hydrogens (primary N) is 2. The van der Waals surface area contributed by atoms with Gasteiger partial charge in [0.05, 0.1) is 18.9 Å². The van der Waals surface area contributed by atoms with Crippen molar-refractivity contribution in [2.75, 3.05) is 0 Å². The lowest BCUT2D eigenvalue weighted by molar-refractivity contribution is -0.144. The topological polar surface area (TPSA) is 289 Å². The molecule has 0 aliphatic heterocycles. The van der Waals surface area contributed by atoms with E-state index in [2.05, 4.69) is 0 Å². The van der Waals surface area contributed by atoms with Crippen molar-refractivity contribution < 1.29 is 54.0 Å². The number of aliphatic hydroxyl groups excluding tert-OH is 1. The van der Waals surface area contributed by atoms with Crippen LogP contribution in [0, 0.1) is 0 Å². The fraction of sp³-hybridized carbons (Fsp3) is 0.588. The van der Waals surface area contributed by atoms with Crippen LogP contribution in [0.2, 0.25) is 0 Å². The van der Waals surface area contributed by atoms with Crippen LogP contribution in [0.1, 0.15) is 32.6 Å².